The molecule has 0 bridgehead atoms. The van der Waals surface area contributed by atoms with Gasteiger partial charge in [-0.15, -0.1) is 0 Å². The highest BCUT2D eigenvalue weighted by molar-refractivity contribution is 7.91. The van der Waals surface area contributed by atoms with Gasteiger partial charge >= 0.3 is 5.97 Å². The molecule has 6 nitrogen and oxygen atoms in total. The number of esters is 1. The Morgan fingerprint density at radius 2 is 1.76 bits per heavy atom. The Bertz CT molecular complexity index is 1070. The van der Waals surface area contributed by atoms with E-state index in [-0.39, 0.29) is 11.4 Å². The Labute approximate surface area is 174 Å². The predicted molar refractivity (Wildman–Crippen MR) is 110 cm³/mol. The molecule has 0 saturated heterocycles. The Hall–Kier alpha value is -2.74. The van der Waals surface area contributed by atoms with Crippen molar-refractivity contribution in [2.45, 2.75) is 16.8 Å². The number of nitrogens with one attached hydrogen (secondary N) is 1. The monoisotopic (exact) mass is 430 g/mol. The summed E-state index contributed by atoms with van der Waals surface area (Å²) in [4.78, 5) is 15.9. The van der Waals surface area contributed by atoms with Crippen LogP contribution in [0.15, 0.2) is 77.8 Å². The molecule has 0 saturated carbocycles. The van der Waals surface area contributed by atoms with Crippen molar-refractivity contribution in [1.82, 2.24) is 10.3 Å². The van der Waals surface area contributed by atoms with Crippen molar-refractivity contribution >= 4 is 27.4 Å². The zero-order valence-corrected chi connectivity index (χ0v) is 17.2. The SMILES string of the molecule is COC(=O)c1ccc(CNC(c2ccccn2)S(=O)(=O)c2ccc(Cl)cc2)cc1. The molecule has 1 heterocycles. The van der Waals surface area contributed by atoms with E-state index in [0.29, 0.717) is 16.3 Å². The zero-order valence-electron chi connectivity index (χ0n) is 15.6. The van der Waals surface area contributed by atoms with E-state index in [1.807, 2.05) is 0 Å². The van der Waals surface area contributed by atoms with E-state index < -0.39 is 21.2 Å². The summed E-state index contributed by atoms with van der Waals surface area (Å²) >= 11 is 5.89. The highest BCUT2D eigenvalue weighted by Crippen LogP contribution is 2.27. The molecule has 3 aromatic rings. The minimum absolute atomic E-state index is 0.145. The van der Waals surface area contributed by atoms with Gasteiger partial charge < -0.3 is 4.74 Å². The second-order valence-electron chi connectivity index (χ2n) is 6.20. The van der Waals surface area contributed by atoms with E-state index in [1.165, 1.54) is 31.4 Å². The number of hydrogen-bond donors (Lipinski definition) is 1. The van der Waals surface area contributed by atoms with Gasteiger partial charge in [-0.3, -0.25) is 10.3 Å². The van der Waals surface area contributed by atoms with Crippen LogP contribution < -0.4 is 5.32 Å². The van der Waals surface area contributed by atoms with Crippen LogP contribution in [0.4, 0.5) is 0 Å². The molecule has 8 heteroatoms. The van der Waals surface area contributed by atoms with Crippen LogP contribution in [0, 0.1) is 0 Å². The average Bonchev–Trinajstić information content (AvgIpc) is 2.74. The highest BCUT2D eigenvalue weighted by Gasteiger charge is 2.29. The number of methoxy groups -OCH3 is 1. The van der Waals surface area contributed by atoms with Crippen LogP contribution in [-0.2, 0) is 21.1 Å². The third-order valence-electron chi connectivity index (χ3n) is 4.28. The fourth-order valence-corrected chi connectivity index (χ4v) is 4.43. The van der Waals surface area contributed by atoms with E-state index in [1.54, 1.807) is 48.7 Å². The van der Waals surface area contributed by atoms with Gasteiger partial charge in [-0.2, -0.15) is 0 Å². The molecule has 0 aliphatic rings. The molecule has 29 heavy (non-hydrogen) atoms. The fourth-order valence-electron chi connectivity index (χ4n) is 2.75. The van der Waals surface area contributed by atoms with E-state index >= 15 is 0 Å². The Kier molecular flexibility index (Phi) is 6.64. The number of carbonyl (C=O) groups is 1. The molecule has 1 atom stereocenters. The third kappa shape index (κ3) is 5.00. The van der Waals surface area contributed by atoms with E-state index in [9.17, 15) is 13.2 Å². The maximum Gasteiger partial charge on any atom is 0.337 e. The first kappa shape index (κ1) is 21.0. The summed E-state index contributed by atoms with van der Waals surface area (Å²) in [7, 11) is -2.46. The summed E-state index contributed by atoms with van der Waals surface area (Å²) in [6.07, 6.45) is 1.55. The standard InChI is InChI=1S/C21H19ClN2O4S/c1-28-21(25)16-7-5-15(6-8-16)14-24-20(19-4-2-3-13-23-19)29(26,27)18-11-9-17(22)10-12-18/h2-13,20,24H,14H2,1H3. The highest BCUT2D eigenvalue weighted by atomic mass is 35.5. The molecule has 1 aromatic heterocycles. The molecule has 3 rings (SSSR count). The summed E-state index contributed by atoms with van der Waals surface area (Å²) < 4.78 is 31.2. The molecule has 0 spiro atoms. The van der Waals surface area contributed by atoms with Crippen LogP contribution in [0.25, 0.3) is 0 Å². The van der Waals surface area contributed by atoms with Crippen molar-refractivity contribution in [2.75, 3.05) is 7.11 Å². The lowest BCUT2D eigenvalue weighted by atomic mass is 10.1. The largest absolute Gasteiger partial charge is 0.465 e. The maximum atomic E-state index is 13.2. The summed E-state index contributed by atoms with van der Waals surface area (Å²) in [5.74, 6) is -0.429. The second kappa shape index (κ2) is 9.17. The number of carbonyl (C=O) groups excluding carboxylic acids is 1. The van der Waals surface area contributed by atoms with Crippen molar-refractivity contribution < 1.29 is 17.9 Å². The van der Waals surface area contributed by atoms with Crippen LogP contribution in [0.3, 0.4) is 0 Å². The minimum atomic E-state index is -3.77. The first-order valence-electron chi connectivity index (χ1n) is 8.73. The molecular weight excluding hydrogens is 412 g/mol. The van der Waals surface area contributed by atoms with Gasteiger partial charge in [-0.25, -0.2) is 13.2 Å². The van der Waals surface area contributed by atoms with Gasteiger partial charge in [-0.05, 0) is 54.1 Å². The number of sulfone groups is 1. The van der Waals surface area contributed by atoms with Crippen LogP contribution in [0.1, 0.15) is 27.0 Å². The third-order valence-corrected chi connectivity index (χ3v) is 6.49. The lowest BCUT2D eigenvalue weighted by molar-refractivity contribution is 0.0600. The van der Waals surface area contributed by atoms with Crippen LogP contribution in [0.5, 0.6) is 0 Å². The quantitative estimate of drug-likeness (QED) is 0.574. The Morgan fingerprint density at radius 3 is 2.34 bits per heavy atom. The number of rotatable bonds is 7. The predicted octanol–water partition coefficient (Wildman–Crippen LogP) is 3.78. The molecule has 2 aromatic carbocycles. The van der Waals surface area contributed by atoms with E-state index in [2.05, 4.69) is 15.0 Å². The van der Waals surface area contributed by atoms with Crippen molar-refractivity contribution in [3.8, 4) is 0 Å². The lowest BCUT2D eigenvalue weighted by Crippen LogP contribution is -2.29. The average molecular weight is 431 g/mol. The van der Waals surface area contributed by atoms with Gasteiger partial charge in [0.15, 0.2) is 15.2 Å². The van der Waals surface area contributed by atoms with Crippen LogP contribution in [0.2, 0.25) is 5.02 Å². The number of pyridine rings is 1. The van der Waals surface area contributed by atoms with Crippen molar-refractivity contribution in [1.29, 1.82) is 0 Å². The number of benzene rings is 2. The number of ether oxygens (including phenoxy) is 1. The molecule has 0 amide bonds. The summed E-state index contributed by atoms with van der Waals surface area (Å²) in [5, 5.41) is 2.47. The van der Waals surface area contributed by atoms with Crippen LogP contribution >= 0.6 is 11.6 Å². The topological polar surface area (TPSA) is 85.4 Å². The molecular formula is C21H19ClN2O4S. The van der Waals surface area contributed by atoms with Gasteiger partial charge in [0.25, 0.3) is 0 Å². The van der Waals surface area contributed by atoms with E-state index in [4.69, 9.17) is 11.6 Å². The minimum Gasteiger partial charge on any atom is -0.465 e. The first-order chi connectivity index (χ1) is 13.9. The molecule has 0 aliphatic carbocycles. The van der Waals surface area contributed by atoms with Crippen molar-refractivity contribution in [2.24, 2.45) is 0 Å². The normalized spacial score (nSPS) is 12.3. The van der Waals surface area contributed by atoms with Crippen molar-refractivity contribution in [3.63, 3.8) is 0 Å². The summed E-state index contributed by atoms with van der Waals surface area (Å²) in [6.45, 7) is 0.259. The smallest absolute Gasteiger partial charge is 0.337 e. The first-order valence-corrected chi connectivity index (χ1v) is 10.7. The molecule has 0 aliphatic heterocycles. The Morgan fingerprint density at radius 1 is 1.07 bits per heavy atom. The number of halogens is 1. The molecule has 150 valence electrons. The molecule has 0 radical (unpaired) electrons. The summed E-state index contributed by atoms with van der Waals surface area (Å²) in [6, 6.07) is 17.9. The van der Waals surface area contributed by atoms with Gasteiger partial charge in [0.1, 0.15) is 0 Å². The number of nitrogens with zero attached hydrogens (tertiary/aromatic N) is 1. The maximum absolute atomic E-state index is 13.2. The molecule has 1 N–H and O–H groups in total. The van der Waals surface area contributed by atoms with Gasteiger partial charge in [0.2, 0.25) is 0 Å². The van der Waals surface area contributed by atoms with Crippen molar-refractivity contribution in [3.05, 3.63) is 94.8 Å². The van der Waals surface area contributed by atoms with Crippen LogP contribution in [-0.4, -0.2) is 26.5 Å². The number of aromatic nitrogens is 1. The zero-order chi connectivity index (χ0) is 20.9. The van der Waals surface area contributed by atoms with E-state index in [0.717, 1.165) is 5.56 Å². The molecule has 1 unspecified atom stereocenters. The van der Waals surface area contributed by atoms with Gasteiger partial charge in [0, 0.05) is 17.8 Å². The number of hydrogen-bond acceptors (Lipinski definition) is 6. The Balaban J connectivity index is 1.87. The molecule has 0 fully saturated rings. The second-order valence-corrected chi connectivity index (χ2v) is 8.67. The lowest BCUT2D eigenvalue weighted by Gasteiger charge is -2.19. The fraction of sp³-hybridized carbons (Fsp3) is 0.143. The van der Waals surface area contributed by atoms with Gasteiger partial charge in [0.05, 0.1) is 23.3 Å². The summed E-state index contributed by atoms with van der Waals surface area (Å²) in [5.41, 5.74) is 1.62. The van der Waals surface area contributed by atoms with Gasteiger partial charge in [-0.1, -0.05) is 29.8 Å².